The van der Waals surface area contributed by atoms with Crippen molar-refractivity contribution in [2.45, 2.75) is 46.1 Å². The number of hydrogen-bond acceptors (Lipinski definition) is 6. The molecule has 1 fully saturated rings. The standard InChI is InChI=1S/C20H25N3O4S/c1-13-10-22(11-14(2)27-13)12-17-6-4-16(5-7-17)9-21-20(24)19-8-18(23(25)26)15(3)28-19/h4-8,13-14H,9-12H2,1-3H3,(H,21,24)/t13-,14-/m1/s1. The minimum Gasteiger partial charge on any atom is -0.373 e. The van der Waals surface area contributed by atoms with Crippen LogP contribution >= 0.6 is 11.3 Å². The van der Waals surface area contributed by atoms with Crippen LogP contribution < -0.4 is 5.32 Å². The molecule has 1 aromatic heterocycles. The Balaban J connectivity index is 1.53. The van der Waals surface area contributed by atoms with E-state index in [1.807, 2.05) is 12.1 Å². The third-order valence-corrected chi connectivity index (χ3v) is 5.73. The molecule has 0 radical (unpaired) electrons. The van der Waals surface area contributed by atoms with Crippen LogP contribution in [0.4, 0.5) is 5.69 Å². The van der Waals surface area contributed by atoms with Crippen LogP contribution in [0.2, 0.25) is 0 Å². The normalized spacial score (nSPS) is 20.1. The number of nitro groups is 1. The summed E-state index contributed by atoms with van der Waals surface area (Å²) >= 11 is 1.14. The maximum absolute atomic E-state index is 12.3. The molecule has 0 aliphatic carbocycles. The Kier molecular flexibility index (Phi) is 6.43. The molecule has 1 N–H and O–H groups in total. The number of benzene rings is 1. The topological polar surface area (TPSA) is 84.7 Å². The van der Waals surface area contributed by atoms with Gasteiger partial charge in [0.25, 0.3) is 11.6 Å². The summed E-state index contributed by atoms with van der Waals surface area (Å²) in [6, 6.07) is 9.50. The van der Waals surface area contributed by atoms with Crippen molar-refractivity contribution >= 4 is 22.9 Å². The summed E-state index contributed by atoms with van der Waals surface area (Å²) in [5, 5.41) is 13.7. The summed E-state index contributed by atoms with van der Waals surface area (Å²) in [6.07, 6.45) is 0.491. The van der Waals surface area contributed by atoms with Crippen LogP contribution in [-0.2, 0) is 17.8 Å². The van der Waals surface area contributed by atoms with Crippen molar-refractivity contribution in [1.29, 1.82) is 0 Å². The molecule has 8 heteroatoms. The molecule has 1 aliphatic rings. The zero-order valence-corrected chi connectivity index (χ0v) is 17.1. The fourth-order valence-corrected chi connectivity index (χ4v) is 4.37. The lowest BCUT2D eigenvalue weighted by molar-refractivity contribution is -0.385. The molecule has 0 saturated carbocycles. The van der Waals surface area contributed by atoms with Gasteiger partial charge in [0.15, 0.2) is 0 Å². The Bertz CT molecular complexity index is 840. The first-order valence-electron chi connectivity index (χ1n) is 9.30. The summed E-state index contributed by atoms with van der Waals surface area (Å²) in [5.41, 5.74) is 2.20. The van der Waals surface area contributed by atoms with E-state index in [-0.39, 0.29) is 23.8 Å². The lowest BCUT2D eigenvalue weighted by Crippen LogP contribution is -2.44. The molecule has 28 heavy (non-hydrogen) atoms. The molecule has 150 valence electrons. The van der Waals surface area contributed by atoms with E-state index in [2.05, 4.69) is 36.2 Å². The number of aryl methyl sites for hydroxylation is 1. The molecule has 1 aromatic carbocycles. The number of carbonyl (C=O) groups is 1. The molecular formula is C20H25N3O4S. The van der Waals surface area contributed by atoms with E-state index in [1.54, 1.807) is 6.92 Å². The molecular weight excluding hydrogens is 378 g/mol. The van der Waals surface area contributed by atoms with Gasteiger partial charge in [0.1, 0.15) is 0 Å². The molecule has 1 aliphatic heterocycles. The highest BCUT2D eigenvalue weighted by Crippen LogP contribution is 2.28. The number of nitrogens with one attached hydrogen (secondary N) is 1. The van der Waals surface area contributed by atoms with Crippen molar-refractivity contribution in [2.24, 2.45) is 0 Å². The lowest BCUT2D eigenvalue weighted by atomic mass is 10.1. The first-order chi connectivity index (χ1) is 13.3. The van der Waals surface area contributed by atoms with Gasteiger partial charge in [0, 0.05) is 32.2 Å². The largest absolute Gasteiger partial charge is 0.373 e. The molecule has 1 amide bonds. The maximum atomic E-state index is 12.3. The van der Waals surface area contributed by atoms with Crippen molar-refractivity contribution in [1.82, 2.24) is 10.2 Å². The van der Waals surface area contributed by atoms with Gasteiger partial charge in [0.05, 0.1) is 26.9 Å². The Morgan fingerprint density at radius 3 is 2.43 bits per heavy atom. The molecule has 0 unspecified atom stereocenters. The van der Waals surface area contributed by atoms with Crippen molar-refractivity contribution < 1.29 is 14.5 Å². The van der Waals surface area contributed by atoms with Gasteiger partial charge in [-0.3, -0.25) is 19.8 Å². The molecule has 2 heterocycles. The SMILES string of the molecule is Cc1sc(C(=O)NCc2ccc(CN3C[C@@H](C)O[C@H](C)C3)cc2)cc1[N+](=O)[O-]. The summed E-state index contributed by atoms with van der Waals surface area (Å²) in [4.78, 5) is 26.0. The number of hydrogen-bond donors (Lipinski definition) is 1. The van der Waals surface area contributed by atoms with Crippen LogP contribution in [0.3, 0.4) is 0 Å². The highest BCUT2D eigenvalue weighted by Gasteiger charge is 2.22. The highest BCUT2D eigenvalue weighted by molar-refractivity contribution is 7.14. The summed E-state index contributed by atoms with van der Waals surface area (Å²) in [6.45, 7) is 8.95. The minimum absolute atomic E-state index is 0.00810. The first-order valence-corrected chi connectivity index (χ1v) is 10.1. The zero-order valence-electron chi connectivity index (χ0n) is 16.3. The molecule has 0 bridgehead atoms. The molecule has 1 saturated heterocycles. The van der Waals surface area contributed by atoms with Gasteiger partial charge >= 0.3 is 0 Å². The van der Waals surface area contributed by atoms with Crippen LogP contribution in [0.1, 0.15) is 39.5 Å². The van der Waals surface area contributed by atoms with Gasteiger partial charge < -0.3 is 10.1 Å². The molecule has 7 nitrogen and oxygen atoms in total. The van der Waals surface area contributed by atoms with Crippen molar-refractivity contribution in [3.05, 3.63) is 61.3 Å². The van der Waals surface area contributed by atoms with Crippen molar-refractivity contribution in [3.8, 4) is 0 Å². The average molecular weight is 404 g/mol. The first kappa shape index (κ1) is 20.4. The number of thiophene rings is 1. The van der Waals surface area contributed by atoms with E-state index in [0.29, 0.717) is 16.3 Å². The van der Waals surface area contributed by atoms with Gasteiger partial charge in [-0.25, -0.2) is 0 Å². The lowest BCUT2D eigenvalue weighted by Gasteiger charge is -2.35. The number of morpholine rings is 1. The number of amides is 1. The number of ether oxygens (including phenoxy) is 1. The van der Waals surface area contributed by atoms with Crippen LogP contribution in [0, 0.1) is 17.0 Å². The van der Waals surface area contributed by atoms with Crippen LogP contribution in [0.25, 0.3) is 0 Å². The van der Waals surface area contributed by atoms with Gasteiger partial charge in [-0.05, 0) is 31.9 Å². The Hall–Kier alpha value is -2.29. The van der Waals surface area contributed by atoms with E-state index in [9.17, 15) is 14.9 Å². The third-order valence-electron chi connectivity index (χ3n) is 4.69. The van der Waals surface area contributed by atoms with Gasteiger partial charge in [0.2, 0.25) is 0 Å². The fourth-order valence-electron chi connectivity index (χ4n) is 3.47. The zero-order chi connectivity index (χ0) is 20.3. The van der Waals surface area contributed by atoms with Gasteiger partial charge in [-0.15, -0.1) is 11.3 Å². The fraction of sp³-hybridized carbons (Fsp3) is 0.450. The summed E-state index contributed by atoms with van der Waals surface area (Å²) in [5.74, 6) is -0.290. The second-order valence-electron chi connectivity index (χ2n) is 7.26. The predicted octanol–water partition coefficient (Wildman–Crippen LogP) is 3.50. The predicted molar refractivity (Wildman–Crippen MR) is 109 cm³/mol. The van der Waals surface area contributed by atoms with E-state index in [0.717, 1.165) is 36.5 Å². The van der Waals surface area contributed by atoms with E-state index < -0.39 is 4.92 Å². The Labute approximate surface area is 168 Å². The van der Waals surface area contributed by atoms with E-state index in [1.165, 1.54) is 11.6 Å². The maximum Gasteiger partial charge on any atom is 0.283 e. The van der Waals surface area contributed by atoms with E-state index in [4.69, 9.17) is 4.74 Å². The summed E-state index contributed by atoms with van der Waals surface area (Å²) < 4.78 is 5.77. The summed E-state index contributed by atoms with van der Waals surface area (Å²) in [7, 11) is 0. The monoisotopic (exact) mass is 403 g/mol. The van der Waals surface area contributed by atoms with Crippen molar-refractivity contribution in [2.75, 3.05) is 13.1 Å². The Morgan fingerprint density at radius 2 is 1.86 bits per heavy atom. The smallest absolute Gasteiger partial charge is 0.283 e. The second kappa shape index (κ2) is 8.81. The quantitative estimate of drug-likeness (QED) is 0.589. The Morgan fingerprint density at radius 1 is 1.25 bits per heavy atom. The van der Waals surface area contributed by atoms with E-state index >= 15 is 0 Å². The minimum atomic E-state index is -0.461. The molecule has 3 rings (SSSR count). The van der Waals surface area contributed by atoms with Crippen molar-refractivity contribution in [3.63, 3.8) is 0 Å². The van der Waals surface area contributed by atoms with Crippen LogP contribution in [0.15, 0.2) is 30.3 Å². The molecule has 0 spiro atoms. The van der Waals surface area contributed by atoms with Gasteiger partial charge in [-0.1, -0.05) is 24.3 Å². The third kappa shape index (κ3) is 5.15. The second-order valence-corrected chi connectivity index (χ2v) is 8.52. The molecule has 2 aromatic rings. The highest BCUT2D eigenvalue weighted by atomic mass is 32.1. The number of rotatable bonds is 6. The number of carbonyl (C=O) groups excluding carboxylic acids is 1. The molecule has 2 atom stereocenters. The van der Waals surface area contributed by atoms with Crippen LogP contribution in [-0.4, -0.2) is 41.0 Å². The average Bonchev–Trinajstić information content (AvgIpc) is 3.02. The number of nitrogens with zero attached hydrogens (tertiary/aromatic N) is 2. The van der Waals surface area contributed by atoms with Gasteiger partial charge in [-0.2, -0.15) is 0 Å². The van der Waals surface area contributed by atoms with Crippen LogP contribution in [0.5, 0.6) is 0 Å².